The van der Waals surface area contributed by atoms with Gasteiger partial charge in [-0.1, -0.05) is 17.7 Å². The number of hydrogen-bond acceptors (Lipinski definition) is 3. The summed E-state index contributed by atoms with van der Waals surface area (Å²) in [5.74, 6) is 0.932. The molecule has 1 rings (SSSR count). The zero-order valence-corrected chi connectivity index (χ0v) is 11.4. The molecule has 0 bridgehead atoms. The molecule has 2 unspecified atom stereocenters. The van der Waals surface area contributed by atoms with Gasteiger partial charge in [0.15, 0.2) is 0 Å². The van der Waals surface area contributed by atoms with Crippen molar-refractivity contribution in [1.29, 1.82) is 0 Å². The highest BCUT2D eigenvalue weighted by molar-refractivity contribution is 5.38. The molecule has 0 heterocycles. The minimum atomic E-state index is 0.106. The van der Waals surface area contributed by atoms with Gasteiger partial charge in [-0.3, -0.25) is 0 Å². The molecule has 0 radical (unpaired) electrons. The molecule has 2 atom stereocenters. The summed E-state index contributed by atoms with van der Waals surface area (Å²) in [6.45, 7) is 6.78. The molecule has 0 spiro atoms. The lowest BCUT2D eigenvalue weighted by Crippen LogP contribution is -2.18. The third kappa shape index (κ3) is 4.02. The SMILES string of the molecule is CNC(C)c1cc(C)ccc1OCC(C)OC. The molecule has 1 aromatic rings. The fourth-order valence-electron chi connectivity index (χ4n) is 1.57. The van der Waals surface area contributed by atoms with Crippen LogP contribution in [0.25, 0.3) is 0 Å². The molecule has 3 heteroatoms. The molecule has 96 valence electrons. The number of ether oxygens (including phenoxy) is 2. The lowest BCUT2D eigenvalue weighted by Gasteiger charge is -2.18. The predicted octanol–water partition coefficient (Wildman–Crippen LogP) is 2.69. The third-order valence-electron chi connectivity index (χ3n) is 2.94. The van der Waals surface area contributed by atoms with Crippen LogP contribution in [0.15, 0.2) is 18.2 Å². The first-order valence-corrected chi connectivity index (χ1v) is 6.02. The molecule has 17 heavy (non-hydrogen) atoms. The van der Waals surface area contributed by atoms with Gasteiger partial charge in [0.05, 0.1) is 6.10 Å². The van der Waals surface area contributed by atoms with Crippen molar-refractivity contribution in [3.05, 3.63) is 29.3 Å². The van der Waals surface area contributed by atoms with Gasteiger partial charge in [-0.05, 0) is 33.9 Å². The quantitative estimate of drug-likeness (QED) is 0.825. The van der Waals surface area contributed by atoms with E-state index in [1.54, 1.807) is 7.11 Å². The topological polar surface area (TPSA) is 30.5 Å². The summed E-state index contributed by atoms with van der Waals surface area (Å²) in [6.07, 6.45) is 0.106. The summed E-state index contributed by atoms with van der Waals surface area (Å²) in [4.78, 5) is 0. The minimum Gasteiger partial charge on any atom is -0.491 e. The van der Waals surface area contributed by atoms with E-state index >= 15 is 0 Å². The van der Waals surface area contributed by atoms with Crippen LogP contribution in [0.1, 0.15) is 31.0 Å². The summed E-state index contributed by atoms with van der Waals surface area (Å²) in [5, 5.41) is 3.24. The zero-order valence-electron chi connectivity index (χ0n) is 11.4. The van der Waals surface area contributed by atoms with Gasteiger partial charge in [-0.15, -0.1) is 0 Å². The summed E-state index contributed by atoms with van der Waals surface area (Å²) in [7, 11) is 3.65. The first kappa shape index (κ1) is 14.0. The normalized spacial score (nSPS) is 14.4. The molecule has 0 aliphatic carbocycles. The number of rotatable bonds is 6. The summed E-state index contributed by atoms with van der Waals surface area (Å²) in [6, 6.07) is 6.54. The second-order valence-corrected chi connectivity index (χ2v) is 4.41. The van der Waals surface area contributed by atoms with Crippen LogP contribution in [0, 0.1) is 6.92 Å². The van der Waals surface area contributed by atoms with Gasteiger partial charge >= 0.3 is 0 Å². The van der Waals surface area contributed by atoms with E-state index in [1.807, 2.05) is 20.0 Å². The number of methoxy groups -OCH3 is 1. The van der Waals surface area contributed by atoms with Crippen molar-refractivity contribution in [3.8, 4) is 5.75 Å². The first-order chi connectivity index (χ1) is 8.08. The third-order valence-corrected chi connectivity index (χ3v) is 2.94. The highest BCUT2D eigenvalue weighted by Crippen LogP contribution is 2.26. The summed E-state index contributed by atoms with van der Waals surface area (Å²) >= 11 is 0. The van der Waals surface area contributed by atoms with Crippen molar-refractivity contribution in [3.63, 3.8) is 0 Å². The Bertz CT molecular complexity index is 352. The molecule has 0 saturated heterocycles. The summed E-state index contributed by atoms with van der Waals surface area (Å²) in [5.41, 5.74) is 2.44. The van der Waals surface area contributed by atoms with Crippen molar-refractivity contribution in [2.45, 2.75) is 32.9 Å². The predicted molar refractivity (Wildman–Crippen MR) is 70.6 cm³/mol. The average molecular weight is 237 g/mol. The van der Waals surface area contributed by atoms with Crippen LogP contribution in [-0.4, -0.2) is 26.9 Å². The molecule has 0 amide bonds. The van der Waals surface area contributed by atoms with Gasteiger partial charge < -0.3 is 14.8 Å². The average Bonchev–Trinajstić information content (AvgIpc) is 2.35. The fraction of sp³-hybridized carbons (Fsp3) is 0.571. The molecule has 3 nitrogen and oxygen atoms in total. The standard InChI is InChI=1S/C14H23NO2/c1-10-6-7-14(17-9-11(2)16-5)13(8-10)12(3)15-4/h6-8,11-12,15H,9H2,1-5H3. The van der Waals surface area contributed by atoms with Crippen LogP contribution < -0.4 is 10.1 Å². The Labute approximate surface area is 104 Å². The Hall–Kier alpha value is -1.06. The molecule has 0 fully saturated rings. The van der Waals surface area contributed by atoms with Crippen LogP contribution in [0.3, 0.4) is 0 Å². The molecule has 1 N–H and O–H groups in total. The van der Waals surface area contributed by atoms with Gasteiger partial charge in [-0.25, -0.2) is 0 Å². The van der Waals surface area contributed by atoms with Gasteiger partial charge in [-0.2, -0.15) is 0 Å². The number of aryl methyl sites for hydroxylation is 1. The van der Waals surface area contributed by atoms with Gasteiger partial charge in [0.1, 0.15) is 12.4 Å². The molecule has 0 saturated carbocycles. The molecule has 1 aromatic carbocycles. The maximum absolute atomic E-state index is 5.80. The van der Waals surface area contributed by atoms with Crippen LogP contribution in [0.4, 0.5) is 0 Å². The zero-order chi connectivity index (χ0) is 12.8. The van der Waals surface area contributed by atoms with Crippen molar-refractivity contribution in [1.82, 2.24) is 5.32 Å². The van der Waals surface area contributed by atoms with E-state index in [-0.39, 0.29) is 12.1 Å². The lowest BCUT2D eigenvalue weighted by atomic mass is 10.0. The second-order valence-electron chi connectivity index (χ2n) is 4.41. The minimum absolute atomic E-state index is 0.106. The van der Waals surface area contributed by atoms with Crippen LogP contribution in [0.5, 0.6) is 5.75 Å². The van der Waals surface area contributed by atoms with Crippen molar-refractivity contribution >= 4 is 0 Å². The Balaban J connectivity index is 2.83. The van der Waals surface area contributed by atoms with E-state index < -0.39 is 0 Å². The van der Waals surface area contributed by atoms with E-state index in [0.717, 1.165) is 5.75 Å². The Morgan fingerprint density at radius 3 is 2.59 bits per heavy atom. The van der Waals surface area contributed by atoms with Crippen molar-refractivity contribution in [2.75, 3.05) is 20.8 Å². The number of benzene rings is 1. The maximum Gasteiger partial charge on any atom is 0.124 e. The second kappa shape index (κ2) is 6.62. The van der Waals surface area contributed by atoms with E-state index in [0.29, 0.717) is 6.61 Å². The maximum atomic E-state index is 5.80. The van der Waals surface area contributed by atoms with Crippen molar-refractivity contribution < 1.29 is 9.47 Å². The Kier molecular flexibility index (Phi) is 5.45. The Morgan fingerprint density at radius 2 is 2.00 bits per heavy atom. The van der Waals surface area contributed by atoms with E-state index in [9.17, 15) is 0 Å². The largest absolute Gasteiger partial charge is 0.491 e. The van der Waals surface area contributed by atoms with Gasteiger partial charge in [0.2, 0.25) is 0 Å². The van der Waals surface area contributed by atoms with E-state index in [1.165, 1.54) is 11.1 Å². The molecule has 0 aliphatic rings. The highest BCUT2D eigenvalue weighted by atomic mass is 16.5. The van der Waals surface area contributed by atoms with Crippen molar-refractivity contribution in [2.24, 2.45) is 0 Å². The van der Waals surface area contributed by atoms with E-state index in [2.05, 4.69) is 31.3 Å². The molecule has 0 aliphatic heterocycles. The first-order valence-electron chi connectivity index (χ1n) is 6.02. The molecule has 0 aromatic heterocycles. The Morgan fingerprint density at radius 1 is 1.29 bits per heavy atom. The number of nitrogens with one attached hydrogen (secondary N) is 1. The van der Waals surface area contributed by atoms with Crippen LogP contribution in [0.2, 0.25) is 0 Å². The molecular formula is C14H23NO2. The smallest absolute Gasteiger partial charge is 0.124 e. The van der Waals surface area contributed by atoms with Crippen LogP contribution >= 0.6 is 0 Å². The molecular weight excluding hydrogens is 214 g/mol. The fourth-order valence-corrected chi connectivity index (χ4v) is 1.57. The monoisotopic (exact) mass is 237 g/mol. The van der Waals surface area contributed by atoms with Gasteiger partial charge in [0, 0.05) is 18.7 Å². The van der Waals surface area contributed by atoms with Gasteiger partial charge in [0.25, 0.3) is 0 Å². The van der Waals surface area contributed by atoms with E-state index in [4.69, 9.17) is 9.47 Å². The highest BCUT2D eigenvalue weighted by Gasteiger charge is 2.11. The number of hydrogen-bond donors (Lipinski definition) is 1. The van der Waals surface area contributed by atoms with Crippen LogP contribution in [-0.2, 0) is 4.74 Å². The lowest BCUT2D eigenvalue weighted by molar-refractivity contribution is 0.0711. The summed E-state index contributed by atoms with van der Waals surface area (Å²) < 4.78 is 11.0.